The predicted octanol–water partition coefficient (Wildman–Crippen LogP) is 6.03. The Morgan fingerprint density at radius 3 is 2.29 bits per heavy atom. The van der Waals surface area contributed by atoms with Gasteiger partial charge in [-0.2, -0.15) is 5.10 Å². The van der Waals surface area contributed by atoms with Crippen molar-refractivity contribution < 1.29 is 36.6 Å². The highest BCUT2D eigenvalue weighted by Crippen LogP contribution is 2.43. The molecule has 0 aliphatic carbocycles. The highest BCUT2D eigenvalue weighted by atomic mass is 35.5. The summed E-state index contributed by atoms with van der Waals surface area (Å²) in [5.74, 6) is -6.59. The number of fused-ring (bicyclic) bond motifs is 1. The number of anilines is 1. The number of nitrogens with one attached hydrogen (secondary N) is 1. The van der Waals surface area contributed by atoms with Crippen LogP contribution in [0.15, 0.2) is 47.6 Å². The summed E-state index contributed by atoms with van der Waals surface area (Å²) in [6.45, 7) is 0. The van der Waals surface area contributed by atoms with Gasteiger partial charge < -0.3 is 14.2 Å². The third-order valence-corrected chi connectivity index (χ3v) is 5.60. The summed E-state index contributed by atoms with van der Waals surface area (Å²) >= 11 is 5.95. The second-order valence-corrected chi connectivity index (χ2v) is 7.82. The van der Waals surface area contributed by atoms with Gasteiger partial charge in [-0.1, -0.05) is 29.8 Å². The SMILES string of the molecule is COc1ccc2c(c1OC)C(=O)O[C@@H]2CC(=NNc1c(F)c(F)cc(F)c1F)c1ccc(Cl)cc1. The van der Waals surface area contributed by atoms with Gasteiger partial charge in [0.2, 0.25) is 0 Å². The number of nitrogens with zero attached hydrogens (tertiary/aromatic N) is 1. The van der Waals surface area contributed by atoms with E-state index >= 15 is 0 Å². The number of halogens is 5. The van der Waals surface area contributed by atoms with Crippen molar-refractivity contribution in [1.82, 2.24) is 0 Å². The van der Waals surface area contributed by atoms with Crippen molar-refractivity contribution in [3.63, 3.8) is 0 Å². The molecule has 1 atom stereocenters. The number of ether oxygens (including phenoxy) is 3. The van der Waals surface area contributed by atoms with Gasteiger partial charge in [0.15, 0.2) is 34.8 Å². The molecule has 35 heavy (non-hydrogen) atoms. The molecule has 0 radical (unpaired) electrons. The number of carbonyl (C=O) groups is 1. The quantitative estimate of drug-likeness (QED) is 0.139. The average Bonchev–Trinajstić information content (AvgIpc) is 3.17. The van der Waals surface area contributed by atoms with Crippen LogP contribution in [-0.2, 0) is 4.74 Å². The summed E-state index contributed by atoms with van der Waals surface area (Å²) in [5.41, 5.74) is 2.21. The first-order valence-electron chi connectivity index (χ1n) is 10.1. The summed E-state index contributed by atoms with van der Waals surface area (Å²) < 4.78 is 71.5. The van der Waals surface area contributed by atoms with Crippen molar-refractivity contribution in [2.45, 2.75) is 12.5 Å². The lowest BCUT2D eigenvalue weighted by atomic mass is 9.97. The van der Waals surface area contributed by atoms with Gasteiger partial charge in [-0.25, -0.2) is 22.4 Å². The maximum Gasteiger partial charge on any atom is 0.343 e. The zero-order valence-electron chi connectivity index (χ0n) is 18.3. The molecule has 6 nitrogen and oxygen atoms in total. The summed E-state index contributed by atoms with van der Waals surface area (Å²) in [4.78, 5) is 12.6. The van der Waals surface area contributed by atoms with E-state index in [2.05, 4.69) is 10.5 Å². The van der Waals surface area contributed by atoms with Crippen LogP contribution in [0.5, 0.6) is 11.5 Å². The van der Waals surface area contributed by atoms with Crippen LogP contribution in [0, 0.1) is 23.3 Å². The van der Waals surface area contributed by atoms with Gasteiger partial charge in [-0.05, 0) is 23.8 Å². The monoisotopic (exact) mass is 508 g/mol. The zero-order chi connectivity index (χ0) is 25.3. The van der Waals surface area contributed by atoms with E-state index in [0.717, 1.165) is 0 Å². The number of cyclic esters (lactones) is 1. The van der Waals surface area contributed by atoms with Crippen molar-refractivity contribution in [3.05, 3.63) is 87.4 Å². The molecule has 0 aromatic heterocycles. The lowest BCUT2D eigenvalue weighted by Crippen LogP contribution is -2.12. The number of rotatable bonds is 7. The molecule has 0 spiro atoms. The van der Waals surface area contributed by atoms with Crippen molar-refractivity contribution in [2.75, 3.05) is 19.6 Å². The minimum Gasteiger partial charge on any atom is -0.493 e. The Labute approximate surface area is 202 Å². The second kappa shape index (κ2) is 9.83. The number of benzene rings is 3. The first kappa shape index (κ1) is 24.3. The maximum absolute atomic E-state index is 14.1. The van der Waals surface area contributed by atoms with E-state index in [4.69, 9.17) is 25.8 Å². The molecule has 0 fully saturated rings. The fourth-order valence-corrected chi connectivity index (χ4v) is 3.79. The number of hydrazone groups is 1. The summed E-state index contributed by atoms with van der Waals surface area (Å²) in [5, 5.41) is 4.42. The van der Waals surface area contributed by atoms with Crippen LogP contribution in [0.2, 0.25) is 5.02 Å². The molecular formula is C24H17ClF4N2O4. The van der Waals surface area contributed by atoms with E-state index in [9.17, 15) is 22.4 Å². The van der Waals surface area contributed by atoms with Gasteiger partial charge in [0.05, 0.1) is 19.9 Å². The standard InChI is InChI=1S/C24H17ClF4N2O4/c1-33-17-8-7-13-18(35-24(32)19(13)23(17)34-2)10-16(11-3-5-12(25)6-4-11)30-31-22-20(28)14(26)9-15(27)21(22)29/h3-9,18,31H,10H2,1-2H3/t18-/m1/s1. The normalized spacial score (nSPS) is 15.0. The summed E-state index contributed by atoms with van der Waals surface area (Å²) in [6, 6.07) is 9.58. The number of esters is 1. The average molecular weight is 509 g/mol. The molecule has 1 aliphatic rings. The molecule has 1 heterocycles. The first-order chi connectivity index (χ1) is 16.7. The van der Waals surface area contributed by atoms with Gasteiger partial charge in [0, 0.05) is 23.1 Å². The molecule has 11 heteroatoms. The molecule has 0 bridgehead atoms. The Balaban J connectivity index is 1.74. The van der Waals surface area contributed by atoms with Crippen LogP contribution in [0.25, 0.3) is 0 Å². The molecule has 182 valence electrons. The first-order valence-corrected chi connectivity index (χ1v) is 10.5. The lowest BCUT2D eigenvalue weighted by Gasteiger charge is -2.15. The number of carbonyl (C=O) groups excluding carboxylic acids is 1. The highest BCUT2D eigenvalue weighted by Gasteiger charge is 2.36. The summed E-state index contributed by atoms with van der Waals surface area (Å²) in [6.07, 6.45) is -0.920. The Kier molecular flexibility index (Phi) is 6.83. The fraction of sp³-hybridized carbons (Fsp3) is 0.167. The minimum atomic E-state index is -1.64. The number of hydrogen-bond acceptors (Lipinski definition) is 6. The molecule has 0 saturated carbocycles. The van der Waals surface area contributed by atoms with Crippen LogP contribution >= 0.6 is 11.6 Å². The van der Waals surface area contributed by atoms with E-state index in [1.165, 1.54) is 14.2 Å². The van der Waals surface area contributed by atoms with Crippen LogP contribution < -0.4 is 14.9 Å². The van der Waals surface area contributed by atoms with Gasteiger partial charge in [-0.3, -0.25) is 5.43 Å². The largest absolute Gasteiger partial charge is 0.493 e. The van der Waals surface area contributed by atoms with Crippen molar-refractivity contribution >= 4 is 29.0 Å². The van der Waals surface area contributed by atoms with E-state index in [1.807, 2.05) is 0 Å². The highest BCUT2D eigenvalue weighted by molar-refractivity contribution is 6.30. The molecule has 0 amide bonds. The Morgan fingerprint density at radius 2 is 1.69 bits per heavy atom. The Bertz CT molecular complexity index is 1310. The van der Waals surface area contributed by atoms with Crippen LogP contribution in [-0.4, -0.2) is 25.9 Å². The third kappa shape index (κ3) is 4.61. The lowest BCUT2D eigenvalue weighted by molar-refractivity contribution is 0.0398. The molecule has 3 aromatic rings. The van der Waals surface area contributed by atoms with Gasteiger partial charge >= 0.3 is 5.97 Å². The molecule has 1 N–H and O–H groups in total. The molecule has 3 aromatic carbocycles. The van der Waals surface area contributed by atoms with Crippen molar-refractivity contribution in [1.29, 1.82) is 0 Å². The Morgan fingerprint density at radius 1 is 1.03 bits per heavy atom. The molecule has 4 rings (SSSR count). The molecule has 0 saturated heterocycles. The third-order valence-electron chi connectivity index (χ3n) is 5.35. The number of methoxy groups -OCH3 is 2. The van der Waals surface area contributed by atoms with Crippen LogP contribution in [0.4, 0.5) is 23.2 Å². The summed E-state index contributed by atoms with van der Waals surface area (Å²) in [7, 11) is 2.80. The van der Waals surface area contributed by atoms with Gasteiger partial charge in [0.25, 0.3) is 0 Å². The minimum absolute atomic E-state index is 0.0656. The molecule has 1 aliphatic heterocycles. The van der Waals surface area contributed by atoms with Crippen molar-refractivity contribution in [2.24, 2.45) is 5.10 Å². The van der Waals surface area contributed by atoms with Crippen LogP contribution in [0.3, 0.4) is 0 Å². The number of hydrogen-bond donors (Lipinski definition) is 1. The van der Waals surface area contributed by atoms with E-state index in [1.54, 1.807) is 36.4 Å². The van der Waals surface area contributed by atoms with E-state index in [0.29, 0.717) is 21.9 Å². The van der Waals surface area contributed by atoms with Gasteiger partial charge in [-0.15, -0.1) is 0 Å². The smallest absolute Gasteiger partial charge is 0.343 e. The second-order valence-electron chi connectivity index (χ2n) is 7.38. The van der Waals surface area contributed by atoms with Crippen LogP contribution in [0.1, 0.15) is 34.0 Å². The maximum atomic E-state index is 14.1. The van der Waals surface area contributed by atoms with Crippen molar-refractivity contribution in [3.8, 4) is 11.5 Å². The topological polar surface area (TPSA) is 69.2 Å². The molecule has 0 unspecified atom stereocenters. The van der Waals surface area contributed by atoms with E-state index in [-0.39, 0.29) is 29.5 Å². The Hall–Kier alpha value is -3.79. The van der Waals surface area contributed by atoms with Gasteiger partial charge in [0.1, 0.15) is 17.4 Å². The fourth-order valence-electron chi connectivity index (χ4n) is 3.66. The predicted molar refractivity (Wildman–Crippen MR) is 120 cm³/mol. The zero-order valence-corrected chi connectivity index (χ0v) is 19.1. The van der Waals surface area contributed by atoms with E-state index < -0.39 is 41.0 Å². The molecular weight excluding hydrogens is 492 g/mol.